The average molecular weight is 577 g/mol. The number of aliphatic hydroxyl groups excluding tert-OH is 1. The molecule has 0 aromatic rings. The number of aliphatic hydroxyl groups is 1. The van der Waals surface area contributed by atoms with Crippen molar-refractivity contribution in [1.82, 2.24) is 21.3 Å². The highest BCUT2D eigenvalue weighted by molar-refractivity contribution is 6.02. The molecule has 0 bridgehead atoms. The van der Waals surface area contributed by atoms with Crippen molar-refractivity contribution in [3.8, 4) is 0 Å². The van der Waals surface area contributed by atoms with Gasteiger partial charge in [0.05, 0.1) is 25.3 Å². The Labute approximate surface area is 225 Å². The molecule has 13 N–H and O–H groups in total. The zero-order chi connectivity index (χ0) is 31.0. The Morgan fingerprint density at radius 3 is 1.62 bits per heavy atom. The number of carbonyl (C=O) groups excluding carboxylic acids is 4. The first-order valence-corrected chi connectivity index (χ1v) is 11.5. The van der Waals surface area contributed by atoms with E-state index in [0.29, 0.717) is 12.8 Å². The maximum absolute atomic E-state index is 12.6. The van der Waals surface area contributed by atoms with Crippen LogP contribution in [0, 0.1) is 0 Å². The molecule has 4 amide bonds. The van der Waals surface area contributed by atoms with Crippen molar-refractivity contribution >= 4 is 47.5 Å². The maximum Gasteiger partial charge on any atom is 0.326 e. The molecule has 0 rings (SSSR count). The topological polar surface area (TPSA) is 338 Å². The molecule has 4 atom stereocenters. The molecule has 0 unspecified atom stereocenters. The highest BCUT2D eigenvalue weighted by Crippen LogP contribution is 2.04. The molecule has 0 aliphatic heterocycles. The third-order valence-corrected chi connectivity index (χ3v) is 4.94. The molecular weight excluding hydrogens is 544 g/mol. The van der Waals surface area contributed by atoms with Crippen LogP contribution in [0.25, 0.3) is 0 Å². The van der Waals surface area contributed by atoms with Crippen LogP contribution in [0.15, 0.2) is 12.0 Å². The molecule has 0 spiro atoms. The van der Waals surface area contributed by atoms with Crippen LogP contribution in [0.4, 0.5) is 0 Å². The fraction of sp³-hybridized carbons (Fsp3) is 0.524. The second kappa shape index (κ2) is 17.7. The number of nitrogens with two attached hydrogens (primary N) is 2. The van der Waals surface area contributed by atoms with Crippen LogP contribution in [-0.2, 0) is 38.4 Å². The number of carbonyl (C=O) groups is 8. The maximum atomic E-state index is 12.6. The van der Waals surface area contributed by atoms with Gasteiger partial charge in [-0.15, -0.1) is 0 Å². The first kappa shape index (κ1) is 35.2. The number of hydrogen-bond donors (Lipinski definition) is 11. The summed E-state index contributed by atoms with van der Waals surface area (Å²) in [6.45, 7) is 0.256. The van der Waals surface area contributed by atoms with Gasteiger partial charge in [0, 0.05) is 0 Å². The van der Waals surface area contributed by atoms with Crippen molar-refractivity contribution in [2.24, 2.45) is 11.5 Å². The van der Waals surface area contributed by atoms with E-state index in [0.717, 1.165) is 0 Å². The van der Waals surface area contributed by atoms with Crippen LogP contribution in [0.1, 0.15) is 38.5 Å². The number of hydrogen-bond acceptors (Lipinski definition) is 11. The van der Waals surface area contributed by atoms with E-state index >= 15 is 0 Å². The summed E-state index contributed by atoms with van der Waals surface area (Å²) in [4.78, 5) is 94.2. The number of amides is 4. The second-order valence-corrected chi connectivity index (χ2v) is 8.20. The molecule has 19 heteroatoms. The van der Waals surface area contributed by atoms with E-state index in [1.54, 1.807) is 5.32 Å². The molecule has 0 saturated carbocycles. The van der Waals surface area contributed by atoms with Crippen LogP contribution in [0.3, 0.4) is 0 Å². The first-order valence-electron chi connectivity index (χ1n) is 11.5. The van der Waals surface area contributed by atoms with Crippen molar-refractivity contribution < 1.29 is 63.9 Å². The van der Waals surface area contributed by atoms with Crippen LogP contribution in [0.5, 0.6) is 0 Å². The number of unbranched alkanes of at least 4 members (excludes halogenated alkanes) is 1. The number of carboxylic acids is 4. The van der Waals surface area contributed by atoms with E-state index in [4.69, 9.17) is 26.8 Å². The van der Waals surface area contributed by atoms with E-state index in [2.05, 4.69) is 5.32 Å². The van der Waals surface area contributed by atoms with Gasteiger partial charge in [-0.25, -0.2) is 4.79 Å². The van der Waals surface area contributed by atoms with Gasteiger partial charge in [0.2, 0.25) is 17.7 Å². The van der Waals surface area contributed by atoms with Crippen LogP contribution in [0.2, 0.25) is 0 Å². The molecule has 19 nitrogen and oxygen atoms in total. The average Bonchev–Trinajstić information content (AvgIpc) is 2.84. The standard InChI is InChI=1S/C21H32N6O13/c22-4-2-1-3-10(21(39)40)24-18(36)12(7-16(33)34)26-20(38)13(8-28)27-19(37)11(6-15(31)32)25-17(35)9(23)5-14(29)30/h8-12,28H,1-7,22-23H2,(H,24,36)(H,25,35)(H,26,38)(H,27,37)(H,29,30)(H,31,32)(H,33,34)(H,39,40)/b13-8+/t9-,10-,11-,12-/m0/s1. The first-order chi connectivity index (χ1) is 18.6. The monoisotopic (exact) mass is 576 g/mol. The summed E-state index contributed by atoms with van der Waals surface area (Å²) >= 11 is 0. The molecule has 0 heterocycles. The molecular formula is C21H32N6O13. The van der Waals surface area contributed by atoms with Gasteiger partial charge in [0.1, 0.15) is 30.1 Å². The summed E-state index contributed by atoms with van der Waals surface area (Å²) in [5.41, 5.74) is 9.69. The Hall–Kier alpha value is -4.78. The zero-order valence-corrected chi connectivity index (χ0v) is 21.0. The third-order valence-electron chi connectivity index (χ3n) is 4.94. The van der Waals surface area contributed by atoms with Gasteiger partial charge in [-0.1, -0.05) is 0 Å². The lowest BCUT2D eigenvalue weighted by Crippen LogP contribution is -2.55. The molecule has 0 radical (unpaired) electrons. The zero-order valence-electron chi connectivity index (χ0n) is 21.0. The van der Waals surface area contributed by atoms with Gasteiger partial charge in [0.15, 0.2) is 0 Å². The fourth-order valence-electron chi connectivity index (χ4n) is 2.95. The van der Waals surface area contributed by atoms with E-state index in [-0.39, 0.29) is 19.2 Å². The van der Waals surface area contributed by atoms with Gasteiger partial charge in [-0.3, -0.25) is 33.6 Å². The lowest BCUT2D eigenvalue weighted by Gasteiger charge is -2.22. The summed E-state index contributed by atoms with van der Waals surface area (Å²) in [7, 11) is 0. The largest absolute Gasteiger partial charge is 0.513 e. The minimum atomic E-state index is -1.92. The predicted octanol–water partition coefficient (Wildman–Crippen LogP) is -4.08. The van der Waals surface area contributed by atoms with E-state index in [1.807, 2.05) is 10.6 Å². The van der Waals surface area contributed by atoms with Gasteiger partial charge in [-0.2, -0.15) is 0 Å². The van der Waals surface area contributed by atoms with E-state index in [9.17, 15) is 48.6 Å². The van der Waals surface area contributed by atoms with Crippen molar-refractivity contribution in [1.29, 1.82) is 0 Å². The molecule has 0 saturated heterocycles. The summed E-state index contributed by atoms with van der Waals surface area (Å²) in [6, 6.07) is -6.93. The van der Waals surface area contributed by atoms with Crippen molar-refractivity contribution in [3.05, 3.63) is 12.0 Å². The van der Waals surface area contributed by atoms with E-state index < -0.39 is 96.6 Å². The fourth-order valence-corrected chi connectivity index (χ4v) is 2.95. The predicted molar refractivity (Wildman–Crippen MR) is 130 cm³/mol. The van der Waals surface area contributed by atoms with Gasteiger partial charge in [0.25, 0.3) is 5.91 Å². The Morgan fingerprint density at radius 2 is 1.18 bits per heavy atom. The molecule has 0 aliphatic carbocycles. The second-order valence-electron chi connectivity index (χ2n) is 8.20. The lowest BCUT2D eigenvalue weighted by molar-refractivity contribution is -0.143. The SMILES string of the molecule is NCCCC[C@H](NC(=O)[C@H](CC(=O)O)NC(=O)/C(=C\O)NC(=O)[C@H](CC(=O)O)NC(=O)[C@@H](N)CC(=O)O)C(=O)O. The highest BCUT2D eigenvalue weighted by atomic mass is 16.4. The summed E-state index contributed by atoms with van der Waals surface area (Å²) in [6.07, 6.45) is -2.26. The van der Waals surface area contributed by atoms with Crippen molar-refractivity contribution in [2.75, 3.05) is 6.54 Å². The normalized spacial score (nSPS) is 14.0. The van der Waals surface area contributed by atoms with Gasteiger partial charge >= 0.3 is 23.9 Å². The summed E-state index contributed by atoms with van der Waals surface area (Å²) in [5, 5.41) is 53.2. The summed E-state index contributed by atoms with van der Waals surface area (Å²) < 4.78 is 0. The molecule has 0 aromatic heterocycles. The van der Waals surface area contributed by atoms with Gasteiger partial charge in [-0.05, 0) is 25.8 Å². The van der Waals surface area contributed by atoms with Crippen LogP contribution < -0.4 is 32.7 Å². The Bertz CT molecular complexity index is 1020. The summed E-state index contributed by atoms with van der Waals surface area (Å²) in [5.74, 6) is -11.4. The number of carboxylic acid groups (broad SMARTS) is 4. The third kappa shape index (κ3) is 13.7. The Morgan fingerprint density at radius 1 is 0.675 bits per heavy atom. The Kier molecular flexibility index (Phi) is 15.6. The molecule has 40 heavy (non-hydrogen) atoms. The van der Waals surface area contributed by atoms with Crippen LogP contribution >= 0.6 is 0 Å². The molecule has 224 valence electrons. The minimum absolute atomic E-state index is 0.0195. The Balaban J connectivity index is 5.63. The lowest BCUT2D eigenvalue weighted by atomic mass is 10.1. The number of nitrogens with one attached hydrogen (secondary N) is 4. The number of rotatable bonds is 19. The molecule has 0 aliphatic rings. The van der Waals surface area contributed by atoms with E-state index in [1.165, 1.54) is 0 Å². The minimum Gasteiger partial charge on any atom is -0.513 e. The molecule has 0 aromatic carbocycles. The quantitative estimate of drug-likeness (QED) is 0.0395. The highest BCUT2D eigenvalue weighted by Gasteiger charge is 2.31. The van der Waals surface area contributed by atoms with Crippen molar-refractivity contribution in [3.63, 3.8) is 0 Å². The molecule has 0 fully saturated rings. The van der Waals surface area contributed by atoms with Crippen LogP contribution in [-0.4, -0.2) is 104 Å². The smallest absolute Gasteiger partial charge is 0.326 e. The van der Waals surface area contributed by atoms with Gasteiger partial charge < -0.3 is 58.3 Å². The van der Waals surface area contributed by atoms with Crippen molar-refractivity contribution in [2.45, 2.75) is 62.7 Å². The number of aliphatic carboxylic acids is 4.